The molecule has 0 aliphatic rings. The molecule has 112 valence electrons. The number of hydrogen-bond acceptors (Lipinski definition) is 5. The van der Waals surface area contributed by atoms with Gasteiger partial charge in [-0.25, -0.2) is 13.6 Å². The fourth-order valence-corrected chi connectivity index (χ4v) is 2.19. The summed E-state index contributed by atoms with van der Waals surface area (Å²) in [4.78, 5) is 12.0. The number of ether oxygens (including phenoxy) is 1. The van der Waals surface area contributed by atoms with Gasteiger partial charge < -0.3 is 14.5 Å². The molecule has 0 atom stereocenters. The predicted molar refractivity (Wildman–Crippen MR) is 76.0 cm³/mol. The van der Waals surface area contributed by atoms with E-state index in [1.54, 1.807) is 12.1 Å². The van der Waals surface area contributed by atoms with E-state index in [0.29, 0.717) is 16.5 Å². The topological polar surface area (TPSA) is 112 Å². The van der Waals surface area contributed by atoms with E-state index in [4.69, 9.17) is 25.9 Å². The van der Waals surface area contributed by atoms with Gasteiger partial charge in [0.05, 0.1) is 12.8 Å². The summed E-state index contributed by atoms with van der Waals surface area (Å²) in [6.45, 7) is 0. The number of primary sulfonamides is 1. The minimum atomic E-state index is -4.00. The van der Waals surface area contributed by atoms with Crippen LogP contribution in [-0.2, 0) is 10.0 Å². The quantitative estimate of drug-likeness (QED) is 0.888. The molecule has 0 aliphatic carbocycles. The zero-order valence-corrected chi connectivity index (χ0v) is 12.4. The first kappa shape index (κ1) is 15.4. The van der Waals surface area contributed by atoms with Gasteiger partial charge in [-0.05, 0) is 30.3 Å². The lowest BCUT2D eigenvalue weighted by molar-refractivity contribution is 0.0991. The zero-order chi connectivity index (χ0) is 15.6. The Morgan fingerprint density at radius 1 is 1.33 bits per heavy atom. The van der Waals surface area contributed by atoms with E-state index in [1.165, 1.54) is 19.2 Å². The summed E-state index contributed by atoms with van der Waals surface area (Å²) < 4.78 is 32.1. The fourth-order valence-electron chi connectivity index (χ4n) is 1.56. The van der Waals surface area contributed by atoms with E-state index in [9.17, 15) is 13.2 Å². The number of furan rings is 1. The molecule has 0 fully saturated rings. The number of benzene rings is 1. The number of amides is 1. The zero-order valence-electron chi connectivity index (χ0n) is 10.8. The smallest absolute Gasteiger partial charge is 0.291 e. The van der Waals surface area contributed by atoms with Crippen molar-refractivity contribution in [3.63, 3.8) is 0 Å². The molecule has 0 radical (unpaired) electrons. The van der Waals surface area contributed by atoms with Crippen LogP contribution in [-0.4, -0.2) is 21.4 Å². The molecule has 0 unspecified atom stereocenters. The van der Waals surface area contributed by atoms with Gasteiger partial charge in [-0.3, -0.25) is 4.79 Å². The maximum atomic E-state index is 12.0. The number of nitrogens with two attached hydrogens (primary N) is 1. The molecule has 1 heterocycles. The molecule has 9 heteroatoms. The summed E-state index contributed by atoms with van der Waals surface area (Å²) in [5.74, 6) is -0.475. The first-order valence-corrected chi connectivity index (χ1v) is 7.51. The summed E-state index contributed by atoms with van der Waals surface area (Å²) in [6, 6.07) is 6.96. The minimum Gasteiger partial charge on any atom is -0.495 e. The first-order chi connectivity index (χ1) is 9.81. The van der Waals surface area contributed by atoms with E-state index in [-0.39, 0.29) is 5.76 Å². The SMILES string of the molecule is COc1ccc(Cl)cc1NC(=O)c1ccc(S(N)(=O)=O)o1. The number of sulfonamides is 1. The van der Waals surface area contributed by atoms with E-state index in [2.05, 4.69) is 5.32 Å². The number of rotatable bonds is 4. The summed E-state index contributed by atoms with van der Waals surface area (Å²) >= 11 is 5.84. The predicted octanol–water partition coefficient (Wildman–Crippen LogP) is 1.84. The van der Waals surface area contributed by atoms with Crippen LogP contribution >= 0.6 is 11.6 Å². The van der Waals surface area contributed by atoms with Gasteiger partial charge in [-0.15, -0.1) is 0 Å². The van der Waals surface area contributed by atoms with Crippen molar-refractivity contribution in [2.24, 2.45) is 5.14 Å². The Balaban J connectivity index is 2.26. The molecular weight excluding hydrogens is 320 g/mol. The highest BCUT2D eigenvalue weighted by atomic mass is 35.5. The molecule has 0 aliphatic heterocycles. The van der Waals surface area contributed by atoms with Crippen LogP contribution in [0.2, 0.25) is 5.02 Å². The van der Waals surface area contributed by atoms with E-state index < -0.39 is 21.0 Å². The largest absolute Gasteiger partial charge is 0.495 e. The van der Waals surface area contributed by atoms with Crippen molar-refractivity contribution in [2.45, 2.75) is 5.09 Å². The molecule has 1 amide bonds. The molecule has 1 aromatic heterocycles. The van der Waals surface area contributed by atoms with Crippen molar-refractivity contribution >= 4 is 33.2 Å². The standard InChI is InChI=1S/C12H11ClN2O5S/c1-19-9-3-2-7(13)6-8(9)15-12(16)10-4-5-11(20-10)21(14,17)18/h2-6H,1H3,(H,15,16)(H2,14,17,18). The molecule has 2 aromatic rings. The third-order valence-corrected chi connectivity index (χ3v) is 3.51. The number of anilines is 1. The third kappa shape index (κ3) is 3.54. The number of carbonyl (C=O) groups excluding carboxylic acids is 1. The molecule has 3 N–H and O–H groups in total. The van der Waals surface area contributed by atoms with Gasteiger partial charge in [0.25, 0.3) is 15.9 Å². The van der Waals surface area contributed by atoms with Crippen LogP contribution in [0.1, 0.15) is 10.6 Å². The van der Waals surface area contributed by atoms with Gasteiger partial charge >= 0.3 is 0 Å². The normalized spacial score (nSPS) is 11.2. The van der Waals surface area contributed by atoms with Gasteiger partial charge in [0, 0.05) is 5.02 Å². The second kappa shape index (κ2) is 5.76. The van der Waals surface area contributed by atoms with Gasteiger partial charge in [-0.2, -0.15) is 0 Å². The van der Waals surface area contributed by atoms with Crippen molar-refractivity contribution in [1.29, 1.82) is 0 Å². The number of carbonyl (C=O) groups is 1. The Morgan fingerprint density at radius 2 is 2.05 bits per heavy atom. The Labute approximate surface area is 125 Å². The number of hydrogen-bond donors (Lipinski definition) is 2. The van der Waals surface area contributed by atoms with Crippen LogP contribution in [0, 0.1) is 0 Å². The minimum absolute atomic E-state index is 0.207. The maximum absolute atomic E-state index is 12.0. The summed E-state index contributed by atoms with van der Waals surface area (Å²) in [7, 11) is -2.56. The Hall–Kier alpha value is -2.03. The highest BCUT2D eigenvalue weighted by Crippen LogP contribution is 2.28. The Kier molecular flexibility index (Phi) is 4.21. The Morgan fingerprint density at radius 3 is 2.62 bits per heavy atom. The Bertz CT molecular complexity index is 785. The van der Waals surface area contributed by atoms with Crippen LogP contribution in [0.3, 0.4) is 0 Å². The van der Waals surface area contributed by atoms with Crippen molar-refractivity contribution in [2.75, 3.05) is 12.4 Å². The second-order valence-electron chi connectivity index (χ2n) is 3.96. The molecular formula is C12H11ClN2O5S. The summed E-state index contributed by atoms with van der Waals surface area (Å²) in [5.41, 5.74) is 0.323. The summed E-state index contributed by atoms with van der Waals surface area (Å²) in [5, 5.41) is 7.31. The molecule has 0 saturated heterocycles. The molecule has 1 aromatic carbocycles. The van der Waals surface area contributed by atoms with Gasteiger partial charge in [0.15, 0.2) is 5.76 Å². The number of nitrogens with one attached hydrogen (secondary N) is 1. The van der Waals surface area contributed by atoms with E-state index >= 15 is 0 Å². The maximum Gasteiger partial charge on any atom is 0.291 e. The van der Waals surface area contributed by atoms with Crippen LogP contribution < -0.4 is 15.2 Å². The average Bonchev–Trinajstić information content (AvgIpc) is 2.88. The monoisotopic (exact) mass is 330 g/mol. The number of halogens is 1. The molecule has 0 bridgehead atoms. The highest BCUT2D eigenvalue weighted by Gasteiger charge is 2.18. The van der Waals surface area contributed by atoms with Crippen LogP contribution in [0.5, 0.6) is 5.75 Å². The molecule has 7 nitrogen and oxygen atoms in total. The average molecular weight is 331 g/mol. The lowest BCUT2D eigenvalue weighted by atomic mass is 10.3. The highest BCUT2D eigenvalue weighted by molar-refractivity contribution is 7.89. The van der Waals surface area contributed by atoms with Crippen LogP contribution in [0.25, 0.3) is 0 Å². The second-order valence-corrected chi connectivity index (χ2v) is 5.89. The van der Waals surface area contributed by atoms with Crippen molar-refractivity contribution in [3.8, 4) is 5.75 Å². The molecule has 21 heavy (non-hydrogen) atoms. The van der Waals surface area contributed by atoms with Gasteiger partial charge in [0.1, 0.15) is 5.75 Å². The molecule has 0 saturated carbocycles. The van der Waals surface area contributed by atoms with Crippen LogP contribution in [0.15, 0.2) is 39.8 Å². The van der Waals surface area contributed by atoms with E-state index in [0.717, 1.165) is 6.07 Å². The lowest BCUT2D eigenvalue weighted by Gasteiger charge is -2.09. The molecule has 2 rings (SSSR count). The first-order valence-electron chi connectivity index (χ1n) is 5.59. The van der Waals surface area contributed by atoms with Gasteiger partial charge in [0.2, 0.25) is 5.09 Å². The van der Waals surface area contributed by atoms with Crippen molar-refractivity contribution < 1.29 is 22.4 Å². The van der Waals surface area contributed by atoms with Crippen molar-refractivity contribution in [1.82, 2.24) is 0 Å². The van der Waals surface area contributed by atoms with E-state index in [1.807, 2.05) is 0 Å². The van der Waals surface area contributed by atoms with Gasteiger partial charge in [-0.1, -0.05) is 11.6 Å². The van der Waals surface area contributed by atoms with Crippen LogP contribution in [0.4, 0.5) is 5.69 Å². The fraction of sp³-hybridized carbons (Fsp3) is 0.0833. The summed E-state index contributed by atoms with van der Waals surface area (Å²) in [6.07, 6.45) is 0. The molecule has 0 spiro atoms. The third-order valence-electron chi connectivity index (χ3n) is 2.50. The number of methoxy groups -OCH3 is 1. The lowest BCUT2D eigenvalue weighted by Crippen LogP contribution is -2.13. The van der Waals surface area contributed by atoms with Crippen molar-refractivity contribution in [3.05, 3.63) is 41.1 Å².